The maximum Gasteiger partial charge on any atom is 0.137 e. The number of benzene rings is 1. The van der Waals surface area contributed by atoms with Gasteiger partial charge in [0.15, 0.2) is 0 Å². The van der Waals surface area contributed by atoms with Gasteiger partial charge >= 0.3 is 0 Å². The molecule has 0 fully saturated rings. The fraction of sp³-hybridized carbons (Fsp3) is 0.375. The number of rotatable bonds is 4. The predicted octanol–water partition coefficient (Wildman–Crippen LogP) is 4.26. The van der Waals surface area contributed by atoms with Crippen molar-refractivity contribution in [1.29, 1.82) is 0 Å². The SMILES string of the molecule is CCC(C)c1oc(-c2ccccc2)c(C)c1CO. The van der Waals surface area contributed by atoms with Crippen molar-refractivity contribution >= 4 is 0 Å². The Balaban J connectivity index is 2.54. The smallest absolute Gasteiger partial charge is 0.137 e. The summed E-state index contributed by atoms with van der Waals surface area (Å²) in [4.78, 5) is 0. The van der Waals surface area contributed by atoms with E-state index in [0.29, 0.717) is 5.92 Å². The lowest BCUT2D eigenvalue weighted by atomic mass is 9.99. The molecule has 0 radical (unpaired) electrons. The van der Waals surface area contributed by atoms with Gasteiger partial charge in [0, 0.05) is 22.6 Å². The number of hydrogen-bond acceptors (Lipinski definition) is 2. The molecule has 2 rings (SSSR count). The molecular weight excluding hydrogens is 224 g/mol. The monoisotopic (exact) mass is 244 g/mol. The Hall–Kier alpha value is -1.54. The first-order valence-corrected chi connectivity index (χ1v) is 6.47. The van der Waals surface area contributed by atoms with E-state index in [4.69, 9.17) is 4.42 Å². The van der Waals surface area contributed by atoms with Gasteiger partial charge in [-0.3, -0.25) is 0 Å². The summed E-state index contributed by atoms with van der Waals surface area (Å²) in [6.45, 7) is 6.32. The molecule has 1 unspecified atom stereocenters. The summed E-state index contributed by atoms with van der Waals surface area (Å²) in [7, 11) is 0. The van der Waals surface area contributed by atoms with Gasteiger partial charge in [0.1, 0.15) is 11.5 Å². The van der Waals surface area contributed by atoms with Crippen LogP contribution in [0.15, 0.2) is 34.7 Å². The van der Waals surface area contributed by atoms with Gasteiger partial charge in [0.05, 0.1) is 6.61 Å². The molecule has 0 aliphatic heterocycles. The lowest BCUT2D eigenvalue weighted by Crippen LogP contribution is -1.95. The molecule has 96 valence electrons. The molecule has 2 nitrogen and oxygen atoms in total. The summed E-state index contributed by atoms with van der Waals surface area (Å²) < 4.78 is 6.02. The summed E-state index contributed by atoms with van der Waals surface area (Å²) >= 11 is 0. The minimum Gasteiger partial charge on any atom is -0.460 e. The zero-order valence-electron chi connectivity index (χ0n) is 11.2. The maximum atomic E-state index is 9.54. The third kappa shape index (κ3) is 2.21. The first kappa shape index (κ1) is 12.9. The Bertz CT molecular complexity index is 511. The van der Waals surface area contributed by atoms with Gasteiger partial charge in [-0.05, 0) is 13.3 Å². The second-order valence-electron chi connectivity index (χ2n) is 4.73. The van der Waals surface area contributed by atoms with Crippen molar-refractivity contribution in [3.8, 4) is 11.3 Å². The molecule has 0 aliphatic rings. The number of furan rings is 1. The van der Waals surface area contributed by atoms with Crippen LogP contribution in [0.3, 0.4) is 0 Å². The fourth-order valence-corrected chi connectivity index (χ4v) is 2.21. The van der Waals surface area contributed by atoms with E-state index >= 15 is 0 Å². The molecule has 1 N–H and O–H groups in total. The van der Waals surface area contributed by atoms with Gasteiger partial charge < -0.3 is 9.52 Å². The molecular formula is C16H20O2. The molecule has 1 atom stereocenters. The van der Waals surface area contributed by atoms with Crippen LogP contribution >= 0.6 is 0 Å². The Labute approximate surface area is 108 Å². The van der Waals surface area contributed by atoms with Crippen LogP contribution in [0.1, 0.15) is 43.1 Å². The highest BCUT2D eigenvalue weighted by atomic mass is 16.3. The van der Waals surface area contributed by atoms with Crippen molar-refractivity contribution < 1.29 is 9.52 Å². The minimum absolute atomic E-state index is 0.0435. The van der Waals surface area contributed by atoms with Gasteiger partial charge in [-0.2, -0.15) is 0 Å². The van der Waals surface area contributed by atoms with Crippen molar-refractivity contribution in [2.45, 2.75) is 39.7 Å². The lowest BCUT2D eigenvalue weighted by Gasteiger charge is -2.06. The van der Waals surface area contributed by atoms with E-state index < -0.39 is 0 Å². The number of hydrogen-bond donors (Lipinski definition) is 1. The molecule has 0 aliphatic carbocycles. The summed E-state index contributed by atoms with van der Waals surface area (Å²) in [5.74, 6) is 2.15. The van der Waals surface area contributed by atoms with E-state index in [1.165, 1.54) is 0 Å². The highest BCUT2D eigenvalue weighted by molar-refractivity contribution is 5.63. The van der Waals surface area contributed by atoms with E-state index in [9.17, 15) is 5.11 Å². The van der Waals surface area contributed by atoms with Gasteiger partial charge in [0.25, 0.3) is 0 Å². The maximum absolute atomic E-state index is 9.54. The molecule has 1 aromatic carbocycles. The van der Waals surface area contributed by atoms with Crippen LogP contribution in [0.5, 0.6) is 0 Å². The first-order valence-electron chi connectivity index (χ1n) is 6.47. The van der Waals surface area contributed by atoms with E-state index in [2.05, 4.69) is 13.8 Å². The highest BCUT2D eigenvalue weighted by Crippen LogP contribution is 2.35. The van der Waals surface area contributed by atoms with Crippen LogP contribution in [0.4, 0.5) is 0 Å². The van der Waals surface area contributed by atoms with Crippen LogP contribution < -0.4 is 0 Å². The lowest BCUT2D eigenvalue weighted by molar-refractivity contribution is 0.276. The van der Waals surface area contributed by atoms with Crippen molar-refractivity contribution in [3.05, 3.63) is 47.2 Å². The van der Waals surface area contributed by atoms with Crippen LogP contribution in [-0.2, 0) is 6.61 Å². The summed E-state index contributed by atoms with van der Waals surface area (Å²) in [6.07, 6.45) is 1.01. The van der Waals surface area contributed by atoms with E-state index in [-0.39, 0.29) is 6.61 Å². The average molecular weight is 244 g/mol. The van der Waals surface area contributed by atoms with Crippen molar-refractivity contribution in [2.75, 3.05) is 0 Å². The van der Waals surface area contributed by atoms with E-state index in [0.717, 1.165) is 34.6 Å². The zero-order chi connectivity index (χ0) is 13.1. The fourth-order valence-electron chi connectivity index (χ4n) is 2.21. The molecule has 0 amide bonds. The standard InChI is InChI=1S/C16H20O2/c1-4-11(2)15-14(10-17)12(3)16(18-15)13-8-6-5-7-9-13/h5-9,11,17H,4,10H2,1-3H3. The average Bonchev–Trinajstić information content (AvgIpc) is 2.75. The second-order valence-corrected chi connectivity index (χ2v) is 4.73. The van der Waals surface area contributed by atoms with Crippen LogP contribution in [0.25, 0.3) is 11.3 Å². The molecule has 18 heavy (non-hydrogen) atoms. The zero-order valence-corrected chi connectivity index (χ0v) is 11.2. The van der Waals surface area contributed by atoms with Crippen molar-refractivity contribution in [3.63, 3.8) is 0 Å². The molecule has 0 saturated heterocycles. The van der Waals surface area contributed by atoms with Gasteiger partial charge in [-0.25, -0.2) is 0 Å². The number of aliphatic hydroxyl groups is 1. The van der Waals surface area contributed by atoms with Gasteiger partial charge in [-0.15, -0.1) is 0 Å². The molecule has 2 heteroatoms. The molecule has 2 aromatic rings. The first-order chi connectivity index (χ1) is 8.69. The Morgan fingerprint density at radius 2 is 1.89 bits per heavy atom. The topological polar surface area (TPSA) is 33.4 Å². The Kier molecular flexibility index (Phi) is 3.87. The molecule has 1 aromatic heterocycles. The largest absolute Gasteiger partial charge is 0.460 e. The van der Waals surface area contributed by atoms with Crippen LogP contribution in [-0.4, -0.2) is 5.11 Å². The molecule has 0 spiro atoms. The molecule has 0 saturated carbocycles. The van der Waals surface area contributed by atoms with Gasteiger partial charge in [-0.1, -0.05) is 44.2 Å². The van der Waals surface area contributed by atoms with Crippen molar-refractivity contribution in [2.24, 2.45) is 0 Å². The number of aliphatic hydroxyl groups excluding tert-OH is 1. The predicted molar refractivity (Wildman–Crippen MR) is 73.5 cm³/mol. The van der Waals surface area contributed by atoms with Crippen LogP contribution in [0, 0.1) is 6.92 Å². The molecule has 1 heterocycles. The second kappa shape index (κ2) is 5.40. The summed E-state index contributed by atoms with van der Waals surface area (Å²) in [6, 6.07) is 10.1. The van der Waals surface area contributed by atoms with E-state index in [1.54, 1.807) is 0 Å². The normalized spacial score (nSPS) is 12.7. The van der Waals surface area contributed by atoms with Gasteiger partial charge in [0.2, 0.25) is 0 Å². The minimum atomic E-state index is 0.0435. The third-order valence-corrected chi connectivity index (χ3v) is 3.56. The summed E-state index contributed by atoms with van der Waals surface area (Å²) in [5, 5.41) is 9.54. The third-order valence-electron chi connectivity index (χ3n) is 3.56. The Morgan fingerprint density at radius 3 is 2.44 bits per heavy atom. The Morgan fingerprint density at radius 1 is 1.22 bits per heavy atom. The quantitative estimate of drug-likeness (QED) is 0.871. The highest BCUT2D eigenvalue weighted by Gasteiger charge is 2.20. The van der Waals surface area contributed by atoms with Crippen molar-refractivity contribution in [1.82, 2.24) is 0 Å². The van der Waals surface area contributed by atoms with Crippen LogP contribution in [0.2, 0.25) is 0 Å². The molecule has 0 bridgehead atoms. The summed E-state index contributed by atoms with van der Waals surface area (Å²) in [5.41, 5.74) is 3.07. The van der Waals surface area contributed by atoms with E-state index in [1.807, 2.05) is 37.3 Å².